The van der Waals surface area contributed by atoms with Gasteiger partial charge in [-0.15, -0.1) is 11.3 Å². The Kier molecular flexibility index (Phi) is 4.47. The molecule has 0 saturated carbocycles. The lowest BCUT2D eigenvalue weighted by Crippen LogP contribution is -2.51. The zero-order valence-corrected chi connectivity index (χ0v) is 12.5. The summed E-state index contributed by atoms with van der Waals surface area (Å²) in [5.74, 6) is 0.0450. The lowest BCUT2D eigenvalue weighted by atomic mass is 10.2. The molecule has 1 amide bonds. The molecule has 3 nitrogen and oxygen atoms in total. The highest BCUT2D eigenvalue weighted by Crippen LogP contribution is 2.25. The van der Waals surface area contributed by atoms with Gasteiger partial charge in [0.2, 0.25) is 0 Å². The van der Waals surface area contributed by atoms with Gasteiger partial charge in [-0.1, -0.05) is 27.5 Å². The van der Waals surface area contributed by atoms with E-state index in [1.54, 1.807) is 12.1 Å². The quantitative estimate of drug-likeness (QED) is 0.776. The number of nitrogens with zero attached hydrogens (tertiary/aromatic N) is 1. The molecule has 0 aliphatic carbocycles. The number of rotatable bonds is 2. The van der Waals surface area contributed by atoms with Crippen LogP contribution in [0.25, 0.3) is 0 Å². The van der Waals surface area contributed by atoms with Crippen LogP contribution in [0.5, 0.6) is 0 Å². The van der Waals surface area contributed by atoms with E-state index in [0.29, 0.717) is 22.4 Å². The first kappa shape index (κ1) is 13.3. The minimum absolute atomic E-state index is 0.0450. The molecule has 0 spiro atoms. The Morgan fingerprint density at radius 1 is 1.71 bits per heavy atom. The van der Waals surface area contributed by atoms with E-state index in [-0.39, 0.29) is 18.1 Å². The SMILES string of the molecule is CC1COC(CBr)CN1C(=O)c1ccc(Cl)s1. The van der Waals surface area contributed by atoms with Crippen LogP contribution in [0.3, 0.4) is 0 Å². The highest BCUT2D eigenvalue weighted by Gasteiger charge is 2.30. The lowest BCUT2D eigenvalue weighted by Gasteiger charge is -2.37. The summed E-state index contributed by atoms with van der Waals surface area (Å²) in [6, 6.07) is 3.64. The Balaban J connectivity index is 2.12. The molecule has 0 aromatic carbocycles. The maximum absolute atomic E-state index is 12.3. The zero-order chi connectivity index (χ0) is 12.4. The Labute approximate surface area is 118 Å². The number of thiophene rings is 1. The summed E-state index contributed by atoms with van der Waals surface area (Å²) in [4.78, 5) is 14.8. The average molecular weight is 339 g/mol. The summed E-state index contributed by atoms with van der Waals surface area (Å²) in [6.07, 6.45) is 0.0746. The predicted octanol–water partition coefficient (Wildman–Crippen LogP) is 3.03. The molecule has 1 aliphatic heterocycles. The van der Waals surface area contributed by atoms with Gasteiger partial charge < -0.3 is 9.64 Å². The topological polar surface area (TPSA) is 29.5 Å². The summed E-state index contributed by atoms with van der Waals surface area (Å²) in [6.45, 7) is 3.21. The van der Waals surface area contributed by atoms with Gasteiger partial charge in [-0.2, -0.15) is 0 Å². The van der Waals surface area contributed by atoms with Gasteiger partial charge in [-0.05, 0) is 19.1 Å². The molecule has 2 heterocycles. The Morgan fingerprint density at radius 2 is 2.47 bits per heavy atom. The first-order valence-corrected chi connectivity index (χ1v) is 7.67. The Morgan fingerprint density at radius 3 is 3.06 bits per heavy atom. The maximum atomic E-state index is 12.3. The molecule has 1 aromatic heterocycles. The van der Waals surface area contributed by atoms with Gasteiger partial charge in [0.1, 0.15) is 0 Å². The Bertz CT molecular complexity index is 412. The van der Waals surface area contributed by atoms with Crippen LogP contribution in [0, 0.1) is 0 Å². The number of amides is 1. The van der Waals surface area contributed by atoms with Crippen LogP contribution in [0.2, 0.25) is 4.34 Å². The van der Waals surface area contributed by atoms with E-state index >= 15 is 0 Å². The normalized spacial score (nSPS) is 25.0. The van der Waals surface area contributed by atoms with Crippen molar-refractivity contribution in [3.63, 3.8) is 0 Å². The van der Waals surface area contributed by atoms with E-state index in [4.69, 9.17) is 16.3 Å². The van der Waals surface area contributed by atoms with E-state index in [1.807, 2.05) is 11.8 Å². The third-order valence-electron chi connectivity index (χ3n) is 2.72. The first-order chi connectivity index (χ1) is 8.11. The van der Waals surface area contributed by atoms with Crippen LogP contribution in [0.15, 0.2) is 12.1 Å². The largest absolute Gasteiger partial charge is 0.373 e. The van der Waals surface area contributed by atoms with Crippen molar-refractivity contribution < 1.29 is 9.53 Å². The number of hydrogen-bond donors (Lipinski definition) is 0. The first-order valence-electron chi connectivity index (χ1n) is 5.35. The predicted molar refractivity (Wildman–Crippen MR) is 73.4 cm³/mol. The number of carbonyl (C=O) groups excluding carboxylic acids is 1. The summed E-state index contributed by atoms with van der Waals surface area (Å²) in [5.41, 5.74) is 0. The maximum Gasteiger partial charge on any atom is 0.264 e. The molecular weight excluding hydrogens is 326 g/mol. The van der Waals surface area contributed by atoms with Gasteiger partial charge in [0.15, 0.2) is 0 Å². The highest BCUT2D eigenvalue weighted by atomic mass is 79.9. The van der Waals surface area contributed by atoms with Gasteiger partial charge in [0.05, 0.1) is 28.0 Å². The molecule has 1 saturated heterocycles. The lowest BCUT2D eigenvalue weighted by molar-refractivity contribution is -0.0359. The van der Waals surface area contributed by atoms with E-state index in [9.17, 15) is 4.79 Å². The number of carbonyl (C=O) groups is 1. The van der Waals surface area contributed by atoms with Gasteiger partial charge in [0, 0.05) is 11.9 Å². The van der Waals surface area contributed by atoms with Gasteiger partial charge in [-0.3, -0.25) is 4.79 Å². The molecule has 17 heavy (non-hydrogen) atoms. The molecule has 0 N–H and O–H groups in total. The fraction of sp³-hybridized carbons (Fsp3) is 0.545. The van der Waals surface area contributed by atoms with Crippen molar-refractivity contribution in [1.82, 2.24) is 4.90 Å². The van der Waals surface area contributed by atoms with Gasteiger partial charge >= 0.3 is 0 Å². The van der Waals surface area contributed by atoms with E-state index in [1.165, 1.54) is 11.3 Å². The zero-order valence-electron chi connectivity index (χ0n) is 9.36. The van der Waals surface area contributed by atoms with Crippen LogP contribution in [-0.2, 0) is 4.74 Å². The fourth-order valence-electron chi connectivity index (χ4n) is 1.76. The summed E-state index contributed by atoms with van der Waals surface area (Å²) in [7, 11) is 0. The minimum atomic E-state index is 0.0450. The highest BCUT2D eigenvalue weighted by molar-refractivity contribution is 9.09. The van der Waals surface area contributed by atoms with Crippen LogP contribution < -0.4 is 0 Å². The average Bonchev–Trinajstić information content (AvgIpc) is 2.76. The number of morpholine rings is 1. The van der Waals surface area contributed by atoms with Crippen molar-refractivity contribution in [2.75, 3.05) is 18.5 Å². The van der Waals surface area contributed by atoms with Crippen LogP contribution in [-0.4, -0.2) is 41.4 Å². The molecule has 6 heteroatoms. The second kappa shape index (κ2) is 5.69. The molecule has 2 unspecified atom stereocenters. The third kappa shape index (κ3) is 3.02. The van der Waals surface area contributed by atoms with E-state index in [0.717, 1.165) is 5.33 Å². The molecular formula is C11H13BrClNO2S. The van der Waals surface area contributed by atoms with Crippen LogP contribution in [0.4, 0.5) is 0 Å². The van der Waals surface area contributed by atoms with Crippen molar-refractivity contribution in [1.29, 1.82) is 0 Å². The van der Waals surface area contributed by atoms with E-state index < -0.39 is 0 Å². The molecule has 0 radical (unpaired) electrons. The molecule has 1 aromatic rings. The molecule has 2 atom stereocenters. The van der Waals surface area contributed by atoms with Gasteiger partial charge in [-0.25, -0.2) is 0 Å². The number of hydrogen-bond acceptors (Lipinski definition) is 3. The number of ether oxygens (including phenoxy) is 1. The Hall–Kier alpha value is -0.100. The van der Waals surface area contributed by atoms with Crippen molar-refractivity contribution in [2.45, 2.75) is 19.1 Å². The van der Waals surface area contributed by atoms with Crippen LogP contribution >= 0.6 is 38.9 Å². The fourth-order valence-corrected chi connectivity index (χ4v) is 3.16. The third-order valence-corrected chi connectivity index (χ3v) is 4.66. The standard InChI is InChI=1S/C11H13BrClNO2S/c1-7-6-16-8(4-12)5-14(7)11(15)9-2-3-10(13)17-9/h2-3,7-8H,4-6H2,1H3. The monoisotopic (exact) mass is 337 g/mol. The van der Waals surface area contributed by atoms with Crippen molar-refractivity contribution in [3.05, 3.63) is 21.3 Å². The second-order valence-corrected chi connectivity index (χ2v) is 6.38. The molecule has 2 rings (SSSR count). The summed E-state index contributed by atoms with van der Waals surface area (Å²) >= 11 is 10.6. The second-order valence-electron chi connectivity index (χ2n) is 4.02. The summed E-state index contributed by atoms with van der Waals surface area (Å²) < 4.78 is 6.24. The summed E-state index contributed by atoms with van der Waals surface area (Å²) in [5, 5.41) is 0.745. The molecule has 1 aliphatic rings. The molecule has 0 bridgehead atoms. The smallest absolute Gasteiger partial charge is 0.264 e. The van der Waals surface area contributed by atoms with Gasteiger partial charge in [0.25, 0.3) is 5.91 Å². The van der Waals surface area contributed by atoms with E-state index in [2.05, 4.69) is 15.9 Å². The number of halogens is 2. The molecule has 94 valence electrons. The number of alkyl halides is 1. The van der Waals surface area contributed by atoms with Crippen molar-refractivity contribution in [3.8, 4) is 0 Å². The van der Waals surface area contributed by atoms with Crippen molar-refractivity contribution in [2.24, 2.45) is 0 Å². The van der Waals surface area contributed by atoms with Crippen molar-refractivity contribution >= 4 is 44.8 Å². The van der Waals surface area contributed by atoms with Crippen LogP contribution in [0.1, 0.15) is 16.6 Å². The molecule has 1 fully saturated rings. The minimum Gasteiger partial charge on any atom is -0.373 e.